The van der Waals surface area contributed by atoms with Crippen molar-refractivity contribution in [2.75, 3.05) is 26.3 Å². The summed E-state index contributed by atoms with van der Waals surface area (Å²) in [6.07, 6.45) is 0.652. The number of aliphatic imine (C=N–C) groups is 1. The summed E-state index contributed by atoms with van der Waals surface area (Å²) in [4.78, 5) is 28.9. The molecule has 1 heterocycles. The Balaban J connectivity index is 1.53. The predicted molar refractivity (Wildman–Crippen MR) is 131 cm³/mol. The first-order valence-electron chi connectivity index (χ1n) is 10.5. The van der Waals surface area contributed by atoms with E-state index in [1.807, 2.05) is 0 Å². The van der Waals surface area contributed by atoms with Crippen molar-refractivity contribution in [2.45, 2.75) is 18.5 Å². The van der Waals surface area contributed by atoms with Crippen molar-refractivity contribution < 1.29 is 19.4 Å². The van der Waals surface area contributed by atoms with Gasteiger partial charge in [0.2, 0.25) is 5.91 Å². The Morgan fingerprint density at radius 3 is 2.62 bits per heavy atom. The normalized spacial score (nSPS) is 15.4. The van der Waals surface area contributed by atoms with Gasteiger partial charge in [0.1, 0.15) is 5.75 Å². The van der Waals surface area contributed by atoms with Crippen molar-refractivity contribution in [3.8, 4) is 5.75 Å². The van der Waals surface area contributed by atoms with Crippen molar-refractivity contribution in [2.24, 2.45) is 16.5 Å². The zero-order valence-electron chi connectivity index (χ0n) is 18.2. The average molecular weight is 509 g/mol. The fourth-order valence-corrected chi connectivity index (χ4v) is 4.03. The highest BCUT2D eigenvalue weighted by molar-refractivity contribution is 6.39. The molecule has 12 heteroatoms. The maximum Gasteiger partial charge on any atom is 0.254 e. The first-order chi connectivity index (χ1) is 16.3. The number of carbonyl (C=O) groups excluding carboxylic acids is 2. The first-order valence-corrected chi connectivity index (χ1v) is 11.3. The van der Waals surface area contributed by atoms with E-state index < -0.39 is 11.9 Å². The van der Waals surface area contributed by atoms with E-state index in [0.717, 1.165) is 5.56 Å². The van der Waals surface area contributed by atoms with Gasteiger partial charge >= 0.3 is 0 Å². The highest BCUT2D eigenvalue weighted by atomic mass is 35.5. The minimum Gasteiger partial charge on any atom is -0.493 e. The second-order valence-electron chi connectivity index (χ2n) is 7.58. The summed E-state index contributed by atoms with van der Waals surface area (Å²) in [7, 11) is 0. The van der Waals surface area contributed by atoms with Gasteiger partial charge in [-0.1, -0.05) is 29.3 Å². The van der Waals surface area contributed by atoms with Crippen molar-refractivity contribution in [1.82, 2.24) is 16.0 Å². The molecule has 3 rings (SSSR count). The van der Waals surface area contributed by atoms with Crippen molar-refractivity contribution in [1.29, 1.82) is 0 Å². The Labute approximate surface area is 206 Å². The molecule has 8 N–H and O–H groups in total. The van der Waals surface area contributed by atoms with Crippen LogP contribution >= 0.6 is 23.2 Å². The van der Waals surface area contributed by atoms with Gasteiger partial charge < -0.3 is 37.3 Å². The lowest BCUT2D eigenvalue weighted by molar-refractivity contribution is -0.120. The highest BCUT2D eigenvalue weighted by Gasteiger charge is 2.23. The number of nitrogens with one attached hydrogen (secondary N) is 3. The fraction of sp³-hybridized carbons (Fsp3) is 0.318. The predicted octanol–water partition coefficient (Wildman–Crippen LogP) is 1.22. The first kappa shape index (κ1) is 25.6. The van der Waals surface area contributed by atoms with Crippen LogP contribution in [0.3, 0.4) is 0 Å². The molecule has 2 amide bonds. The molecule has 1 unspecified atom stereocenters. The molecule has 0 bridgehead atoms. The molecule has 0 fully saturated rings. The molecule has 2 atom stereocenters. The molecule has 34 heavy (non-hydrogen) atoms. The maximum absolute atomic E-state index is 12.5. The number of benzene rings is 2. The fourth-order valence-electron chi connectivity index (χ4n) is 3.46. The standard InChI is InChI=1S/C22H26Cl2N6O4/c23-15-2-1-3-16(24)20(15)21(33)29-13(11-31)9-28-19(32)10-27-17-6-7-34-18-5-4-12(8-14(17)18)30-22(25)26/h1-5,8,13,17,27,31H,6-7,9-11H2,(H,28,32)(H,29,33)(H4,25,26,30)/t13-,17?/m0/s1. The van der Waals surface area contributed by atoms with E-state index in [0.29, 0.717) is 24.5 Å². The van der Waals surface area contributed by atoms with Crippen LogP contribution in [-0.2, 0) is 4.79 Å². The lowest BCUT2D eigenvalue weighted by Crippen LogP contribution is -2.47. The van der Waals surface area contributed by atoms with E-state index in [1.165, 1.54) is 0 Å². The average Bonchev–Trinajstić information content (AvgIpc) is 2.79. The van der Waals surface area contributed by atoms with Crippen LogP contribution in [0.2, 0.25) is 10.0 Å². The third-order valence-electron chi connectivity index (χ3n) is 5.09. The number of carbonyl (C=O) groups is 2. The van der Waals surface area contributed by atoms with Gasteiger partial charge in [0.05, 0.1) is 47.1 Å². The molecule has 2 aromatic carbocycles. The number of ether oxygens (including phenoxy) is 1. The summed E-state index contributed by atoms with van der Waals surface area (Å²) >= 11 is 12.1. The number of nitrogens with two attached hydrogens (primary N) is 2. The van der Waals surface area contributed by atoms with Crippen LogP contribution in [0.4, 0.5) is 5.69 Å². The van der Waals surface area contributed by atoms with Crippen LogP contribution in [0.5, 0.6) is 5.75 Å². The third-order valence-corrected chi connectivity index (χ3v) is 5.72. The molecule has 0 saturated heterocycles. The van der Waals surface area contributed by atoms with Crippen LogP contribution in [0.15, 0.2) is 41.4 Å². The SMILES string of the molecule is NC(N)=Nc1ccc2c(c1)C(NCC(=O)NC[C@@H](CO)NC(=O)c1c(Cl)cccc1Cl)CCO2. The Kier molecular flexibility index (Phi) is 8.94. The molecule has 10 nitrogen and oxygen atoms in total. The van der Waals surface area contributed by atoms with Crippen molar-refractivity contribution in [3.63, 3.8) is 0 Å². The summed E-state index contributed by atoms with van der Waals surface area (Å²) in [5.74, 6) is -0.211. The molecule has 0 aliphatic carbocycles. The van der Waals surface area contributed by atoms with Crippen LogP contribution in [0.25, 0.3) is 0 Å². The van der Waals surface area contributed by atoms with E-state index in [-0.39, 0.29) is 53.2 Å². The van der Waals surface area contributed by atoms with Crippen LogP contribution in [-0.4, -0.2) is 55.2 Å². The Morgan fingerprint density at radius 1 is 1.21 bits per heavy atom. The van der Waals surface area contributed by atoms with Gasteiger partial charge in [0, 0.05) is 24.6 Å². The van der Waals surface area contributed by atoms with Gasteiger partial charge in [-0.05, 0) is 30.3 Å². The van der Waals surface area contributed by atoms with E-state index in [2.05, 4.69) is 20.9 Å². The zero-order valence-corrected chi connectivity index (χ0v) is 19.7. The molecule has 182 valence electrons. The number of rotatable bonds is 9. The smallest absolute Gasteiger partial charge is 0.254 e. The van der Waals surface area contributed by atoms with Gasteiger partial charge in [-0.15, -0.1) is 0 Å². The summed E-state index contributed by atoms with van der Waals surface area (Å²) in [6.45, 7) is 0.141. The molecule has 1 aliphatic heterocycles. The number of aliphatic hydroxyl groups is 1. The van der Waals surface area contributed by atoms with Gasteiger partial charge in [0.25, 0.3) is 5.91 Å². The second kappa shape index (κ2) is 11.9. The molecular formula is C22H26Cl2N6O4. The number of nitrogens with zero attached hydrogens (tertiary/aromatic N) is 1. The Hall–Kier alpha value is -3.05. The van der Waals surface area contributed by atoms with Gasteiger partial charge in [0.15, 0.2) is 5.96 Å². The van der Waals surface area contributed by atoms with Gasteiger partial charge in [-0.2, -0.15) is 0 Å². The van der Waals surface area contributed by atoms with E-state index >= 15 is 0 Å². The Bertz CT molecular complexity index is 1060. The Morgan fingerprint density at radius 2 is 1.94 bits per heavy atom. The number of amides is 2. The number of aliphatic hydroxyl groups excluding tert-OH is 1. The van der Waals surface area contributed by atoms with E-state index in [1.54, 1.807) is 36.4 Å². The van der Waals surface area contributed by atoms with E-state index in [9.17, 15) is 14.7 Å². The van der Waals surface area contributed by atoms with Crippen molar-refractivity contribution >= 4 is 46.7 Å². The summed E-state index contributed by atoms with van der Waals surface area (Å²) in [5.41, 5.74) is 12.4. The number of hydrogen-bond acceptors (Lipinski definition) is 6. The van der Waals surface area contributed by atoms with Crippen molar-refractivity contribution in [3.05, 3.63) is 57.6 Å². The minimum absolute atomic E-state index is 0.0130. The minimum atomic E-state index is -0.727. The largest absolute Gasteiger partial charge is 0.493 e. The molecule has 0 radical (unpaired) electrons. The quantitative estimate of drug-likeness (QED) is 0.219. The summed E-state index contributed by atoms with van der Waals surface area (Å²) < 4.78 is 5.67. The molecule has 0 spiro atoms. The topological polar surface area (TPSA) is 164 Å². The number of guanidine groups is 1. The molecule has 0 aromatic heterocycles. The second-order valence-corrected chi connectivity index (χ2v) is 8.40. The monoisotopic (exact) mass is 508 g/mol. The molecule has 2 aromatic rings. The summed E-state index contributed by atoms with van der Waals surface area (Å²) in [6, 6.07) is 9.17. The van der Waals surface area contributed by atoms with E-state index in [4.69, 9.17) is 39.4 Å². The van der Waals surface area contributed by atoms with Gasteiger partial charge in [-0.25, -0.2) is 4.99 Å². The van der Waals surface area contributed by atoms with Gasteiger partial charge in [-0.3, -0.25) is 9.59 Å². The molecule has 0 saturated carbocycles. The maximum atomic E-state index is 12.5. The zero-order chi connectivity index (χ0) is 24.7. The highest BCUT2D eigenvalue weighted by Crippen LogP contribution is 2.34. The number of halogens is 2. The van der Waals surface area contributed by atoms with Crippen LogP contribution < -0.4 is 32.2 Å². The third kappa shape index (κ3) is 6.73. The lowest BCUT2D eigenvalue weighted by atomic mass is 10.00. The molecular weight excluding hydrogens is 483 g/mol. The number of hydrogen-bond donors (Lipinski definition) is 6. The van der Waals surface area contributed by atoms with Crippen LogP contribution in [0, 0.1) is 0 Å². The summed E-state index contributed by atoms with van der Waals surface area (Å²) in [5, 5.41) is 18.5. The van der Waals surface area contributed by atoms with Crippen LogP contribution in [0.1, 0.15) is 28.4 Å². The number of fused-ring (bicyclic) bond motifs is 1. The molecule has 1 aliphatic rings. The lowest BCUT2D eigenvalue weighted by Gasteiger charge is -2.27.